The molecule has 2 heterocycles. The lowest BCUT2D eigenvalue weighted by Gasteiger charge is -2.42. The van der Waals surface area contributed by atoms with Crippen molar-refractivity contribution >= 4 is 15.9 Å². The Hall–Kier alpha value is -2.25. The number of pyridine rings is 1. The van der Waals surface area contributed by atoms with E-state index in [1.54, 1.807) is 22.8 Å². The summed E-state index contributed by atoms with van der Waals surface area (Å²) in [6.45, 7) is 1.12. The molecule has 1 aromatic carbocycles. The van der Waals surface area contributed by atoms with Crippen molar-refractivity contribution in [2.24, 2.45) is 11.3 Å². The summed E-state index contributed by atoms with van der Waals surface area (Å²) in [5, 5.41) is 3.01. The minimum atomic E-state index is -3.60. The van der Waals surface area contributed by atoms with Gasteiger partial charge in [0, 0.05) is 32.0 Å². The number of sulfonamides is 1. The molecule has 1 unspecified atom stereocenters. The summed E-state index contributed by atoms with van der Waals surface area (Å²) in [5.41, 5.74) is 3.13. The molecule has 1 atom stereocenters. The second-order valence-electron chi connectivity index (χ2n) is 8.93. The zero-order chi connectivity index (χ0) is 20.8. The Bertz CT molecular complexity index is 1060. The van der Waals surface area contributed by atoms with Gasteiger partial charge in [-0.1, -0.05) is 18.6 Å². The molecule has 2 fully saturated rings. The SMILES string of the molecule is O=C(NCc1cccnc1)C1CN(S(=O)(=O)c2ccc3c(c2)CCC3)CC12CCC2. The maximum atomic E-state index is 13.4. The van der Waals surface area contributed by atoms with Crippen LogP contribution in [0.5, 0.6) is 0 Å². The van der Waals surface area contributed by atoms with Crippen LogP contribution in [0.15, 0.2) is 47.6 Å². The van der Waals surface area contributed by atoms with Crippen LogP contribution < -0.4 is 5.32 Å². The highest BCUT2D eigenvalue weighted by atomic mass is 32.2. The van der Waals surface area contributed by atoms with Crippen molar-refractivity contribution in [3.05, 3.63) is 59.4 Å². The minimum Gasteiger partial charge on any atom is -0.352 e. The van der Waals surface area contributed by atoms with Gasteiger partial charge in [0.05, 0.1) is 10.8 Å². The number of hydrogen-bond acceptors (Lipinski definition) is 4. The first-order chi connectivity index (χ1) is 14.5. The number of nitrogens with zero attached hydrogens (tertiary/aromatic N) is 2. The van der Waals surface area contributed by atoms with E-state index >= 15 is 0 Å². The lowest BCUT2D eigenvalue weighted by atomic mass is 9.62. The fourth-order valence-corrected chi connectivity index (χ4v) is 6.88. The van der Waals surface area contributed by atoms with Gasteiger partial charge in [0.2, 0.25) is 15.9 Å². The summed E-state index contributed by atoms with van der Waals surface area (Å²) in [6.07, 6.45) is 9.38. The number of carbonyl (C=O) groups is 1. The Morgan fingerprint density at radius 3 is 2.73 bits per heavy atom. The highest BCUT2D eigenvalue weighted by Crippen LogP contribution is 2.52. The van der Waals surface area contributed by atoms with E-state index in [-0.39, 0.29) is 23.8 Å². The fraction of sp³-hybridized carbons (Fsp3) is 0.478. The summed E-state index contributed by atoms with van der Waals surface area (Å²) in [4.78, 5) is 17.5. The van der Waals surface area contributed by atoms with Crippen LogP contribution in [-0.2, 0) is 34.2 Å². The van der Waals surface area contributed by atoms with Crippen molar-refractivity contribution in [2.45, 2.75) is 50.0 Å². The molecule has 30 heavy (non-hydrogen) atoms. The van der Waals surface area contributed by atoms with Gasteiger partial charge in [0.15, 0.2) is 0 Å². The highest BCUT2D eigenvalue weighted by Gasteiger charge is 2.55. The van der Waals surface area contributed by atoms with E-state index in [0.717, 1.165) is 49.7 Å². The van der Waals surface area contributed by atoms with Crippen molar-refractivity contribution in [2.75, 3.05) is 13.1 Å². The van der Waals surface area contributed by atoms with Crippen molar-refractivity contribution in [1.29, 1.82) is 0 Å². The van der Waals surface area contributed by atoms with Crippen molar-refractivity contribution in [1.82, 2.24) is 14.6 Å². The lowest BCUT2D eigenvalue weighted by Crippen LogP contribution is -2.45. The van der Waals surface area contributed by atoms with Crippen molar-refractivity contribution in [3.63, 3.8) is 0 Å². The van der Waals surface area contributed by atoms with Crippen molar-refractivity contribution in [3.8, 4) is 0 Å². The van der Waals surface area contributed by atoms with E-state index in [0.29, 0.717) is 18.0 Å². The number of fused-ring (bicyclic) bond motifs is 1. The average molecular weight is 426 g/mol. The Morgan fingerprint density at radius 2 is 2.00 bits per heavy atom. The van der Waals surface area contributed by atoms with Gasteiger partial charge in [0.25, 0.3) is 0 Å². The minimum absolute atomic E-state index is 0.0507. The Labute approximate surface area is 177 Å². The number of benzene rings is 1. The molecule has 0 radical (unpaired) electrons. The molecule has 5 rings (SSSR count). The monoisotopic (exact) mass is 425 g/mol. The first-order valence-corrected chi connectivity index (χ1v) is 12.2. The summed E-state index contributed by atoms with van der Waals surface area (Å²) in [5.74, 6) is -0.350. The quantitative estimate of drug-likeness (QED) is 0.799. The molecule has 3 aliphatic rings. The second kappa shape index (κ2) is 7.46. The lowest BCUT2D eigenvalue weighted by molar-refractivity contribution is -0.129. The summed E-state index contributed by atoms with van der Waals surface area (Å²) in [7, 11) is -3.60. The third-order valence-corrected chi connectivity index (χ3v) is 8.99. The van der Waals surface area contributed by atoms with Crippen molar-refractivity contribution < 1.29 is 13.2 Å². The third-order valence-electron chi connectivity index (χ3n) is 7.18. The molecule has 1 amide bonds. The van der Waals surface area contributed by atoms with Gasteiger partial charge < -0.3 is 5.32 Å². The van der Waals surface area contributed by atoms with Gasteiger partial charge in [-0.3, -0.25) is 9.78 Å². The van der Waals surface area contributed by atoms with E-state index in [4.69, 9.17) is 0 Å². The van der Waals surface area contributed by atoms with E-state index < -0.39 is 10.0 Å². The molecule has 7 heteroatoms. The van der Waals surface area contributed by atoms with Gasteiger partial charge in [-0.15, -0.1) is 0 Å². The standard InChI is InChI=1S/C23H27N3O3S/c27-22(25-14-17-4-2-11-24-13-17)21-15-26(16-23(21)9-3-10-23)30(28,29)20-8-7-18-5-1-6-19(18)12-20/h2,4,7-8,11-13,21H,1,3,5-6,9-10,14-16H2,(H,25,27). The Morgan fingerprint density at radius 1 is 1.17 bits per heavy atom. The molecule has 2 aromatic rings. The van der Waals surface area contributed by atoms with Crippen LogP contribution in [-0.4, -0.2) is 36.7 Å². The first-order valence-electron chi connectivity index (χ1n) is 10.8. The van der Waals surface area contributed by atoms with Gasteiger partial charge in [0.1, 0.15) is 0 Å². The van der Waals surface area contributed by atoms with Crippen LogP contribution in [0.4, 0.5) is 0 Å². The van der Waals surface area contributed by atoms with Crippen LogP contribution in [0.1, 0.15) is 42.4 Å². The number of amides is 1. The molecule has 1 saturated heterocycles. The molecule has 1 N–H and O–H groups in total. The predicted molar refractivity (Wildman–Crippen MR) is 113 cm³/mol. The van der Waals surface area contributed by atoms with Crippen LogP contribution in [0.25, 0.3) is 0 Å². The molecule has 1 saturated carbocycles. The van der Waals surface area contributed by atoms with E-state index in [9.17, 15) is 13.2 Å². The number of carbonyl (C=O) groups excluding carboxylic acids is 1. The van der Waals surface area contributed by atoms with E-state index in [2.05, 4.69) is 10.3 Å². The summed E-state index contributed by atoms with van der Waals surface area (Å²) >= 11 is 0. The largest absolute Gasteiger partial charge is 0.352 e. The average Bonchev–Trinajstić information content (AvgIpc) is 3.37. The maximum Gasteiger partial charge on any atom is 0.243 e. The molecular weight excluding hydrogens is 398 g/mol. The molecule has 1 spiro atoms. The van der Waals surface area contributed by atoms with Crippen LogP contribution in [0, 0.1) is 11.3 Å². The number of aromatic nitrogens is 1. The number of hydrogen-bond donors (Lipinski definition) is 1. The molecule has 2 aliphatic carbocycles. The zero-order valence-corrected chi connectivity index (χ0v) is 17.8. The normalized spacial score (nSPS) is 22.6. The van der Waals surface area contributed by atoms with Gasteiger partial charge >= 0.3 is 0 Å². The third kappa shape index (κ3) is 3.34. The topological polar surface area (TPSA) is 79.4 Å². The number of rotatable bonds is 5. The Balaban J connectivity index is 1.34. The Kier molecular flexibility index (Phi) is 4.90. The molecule has 1 aromatic heterocycles. The second-order valence-corrected chi connectivity index (χ2v) is 10.9. The van der Waals surface area contributed by atoms with Gasteiger partial charge in [-0.25, -0.2) is 8.42 Å². The number of aryl methyl sites for hydroxylation is 2. The highest BCUT2D eigenvalue weighted by molar-refractivity contribution is 7.89. The smallest absolute Gasteiger partial charge is 0.243 e. The van der Waals surface area contributed by atoms with Gasteiger partial charge in [-0.2, -0.15) is 4.31 Å². The van der Waals surface area contributed by atoms with E-state index in [1.807, 2.05) is 24.3 Å². The first kappa shape index (κ1) is 19.7. The van der Waals surface area contributed by atoms with Crippen LogP contribution in [0.3, 0.4) is 0 Å². The zero-order valence-electron chi connectivity index (χ0n) is 17.0. The molecule has 0 bridgehead atoms. The van der Waals surface area contributed by atoms with Crippen LogP contribution >= 0.6 is 0 Å². The molecular formula is C23H27N3O3S. The number of nitrogens with one attached hydrogen (secondary N) is 1. The molecule has 1 aliphatic heterocycles. The fourth-order valence-electron chi connectivity index (χ4n) is 5.28. The van der Waals surface area contributed by atoms with E-state index in [1.165, 1.54) is 5.56 Å². The summed E-state index contributed by atoms with van der Waals surface area (Å²) in [6, 6.07) is 9.31. The molecule has 158 valence electrons. The van der Waals surface area contributed by atoms with Crippen LogP contribution in [0.2, 0.25) is 0 Å². The van der Waals surface area contributed by atoms with Gasteiger partial charge in [-0.05, 0) is 72.4 Å². The predicted octanol–water partition coefficient (Wildman–Crippen LogP) is 2.68. The molecule has 6 nitrogen and oxygen atoms in total. The maximum absolute atomic E-state index is 13.4. The summed E-state index contributed by atoms with van der Waals surface area (Å²) < 4.78 is 28.3.